The monoisotopic (exact) mass is 628 g/mol. The first-order valence-electron chi connectivity index (χ1n) is 16.7. The average molecular weight is 629 g/mol. The first-order valence-corrected chi connectivity index (χ1v) is 17.7. The molecule has 4 aromatic rings. The van der Waals surface area contributed by atoms with Crippen LogP contribution < -0.4 is 4.90 Å². The summed E-state index contributed by atoms with van der Waals surface area (Å²) in [6.45, 7) is 14.9. The molecule has 2 aliphatic heterocycles. The highest BCUT2D eigenvalue weighted by Crippen LogP contribution is 2.51. The molecule has 2 aliphatic rings. The van der Waals surface area contributed by atoms with Crippen molar-refractivity contribution in [2.24, 2.45) is 0 Å². The van der Waals surface area contributed by atoms with Crippen LogP contribution in [0.25, 0.3) is 21.5 Å². The molecular formula is C42H48N2OS+2. The van der Waals surface area contributed by atoms with Crippen molar-refractivity contribution < 1.29 is 9.13 Å². The predicted molar refractivity (Wildman–Crippen MR) is 202 cm³/mol. The van der Waals surface area contributed by atoms with E-state index < -0.39 is 0 Å². The van der Waals surface area contributed by atoms with E-state index in [1.54, 1.807) is 0 Å². The van der Waals surface area contributed by atoms with Crippen LogP contribution in [0.1, 0.15) is 65.5 Å². The normalized spacial score (nSPS) is 18.1. The van der Waals surface area contributed by atoms with Crippen LogP contribution >= 0.6 is 0 Å². The fourth-order valence-corrected chi connectivity index (χ4v) is 8.10. The van der Waals surface area contributed by atoms with Gasteiger partial charge in [0.25, 0.3) is 0 Å². The number of unbranched alkanes of at least 4 members (excludes halogenated alkanes) is 1. The summed E-state index contributed by atoms with van der Waals surface area (Å²) in [7, 11) is 0. The standard InChI is InChI=1S/C42H46N2OS/c1-30(2)44-36-27-25-32-19-13-15-21-34(32)40(36)42(5,6)38(44)23-11-9-7-8-10-22-37-41(3,4)39-33-20-14-12-18-31(33)24-26-35(39)43(37)28-16-17-29-46-45/h7-15,18-27,30H,16-17,28-29H2,1-6H3/p+2. The van der Waals surface area contributed by atoms with Crippen LogP contribution in [0.3, 0.4) is 0 Å². The van der Waals surface area contributed by atoms with Crippen molar-refractivity contribution in [3.05, 3.63) is 132 Å². The van der Waals surface area contributed by atoms with Crippen LogP contribution in [0.15, 0.2) is 121 Å². The van der Waals surface area contributed by atoms with Crippen molar-refractivity contribution in [1.29, 1.82) is 0 Å². The van der Waals surface area contributed by atoms with Crippen LogP contribution in [0.5, 0.6) is 0 Å². The summed E-state index contributed by atoms with van der Waals surface area (Å²) in [5.41, 5.74) is 7.89. The summed E-state index contributed by atoms with van der Waals surface area (Å²) in [6.07, 6.45) is 17.4. The fraction of sp³-hybridized carbons (Fsp3) is 0.310. The predicted octanol–water partition coefficient (Wildman–Crippen LogP) is 10.2. The van der Waals surface area contributed by atoms with Crippen LogP contribution in [-0.4, -0.2) is 33.2 Å². The molecule has 46 heavy (non-hydrogen) atoms. The smallest absolute Gasteiger partial charge is 0.210 e. The van der Waals surface area contributed by atoms with Gasteiger partial charge >= 0.3 is 0 Å². The Morgan fingerprint density at radius 2 is 1.37 bits per heavy atom. The topological polar surface area (TPSA) is 26.5 Å². The van der Waals surface area contributed by atoms with Crippen molar-refractivity contribution >= 4 is 50.7 Å². The van der Waals surface area contributed by atoms with E-state index in [-0.39, 0.29) is 10.8 Å². The molecule has 0 unspecified atom stereocenters. The van der Waals surface area contributed by atoms with Gasteiger partial charge in [-0.2, -0.15) is 9.13 Å². The number of anilines is 1. The number of hydrogen-bond donors (Lipinski definition) is 1. The molecule has 0 bridgehead atoms. The van der Waals surface area contributed by atoms with Gasteiger partial charge in [-0.25, -0.2) is 0 Å². The van der Waals surface area contributed by atoms with Crippen LogP contribution in [0.2, 0.25) is 0 Å². The largest absolute Gasteiger partial charge is 0.341 e. The summed E-state index contributed by atoms with van der Waals surface area (Å²) < 4.78 is 11.8. The minimum absolute atomic E-state index is 0.0987. The second-order valence-corrected chi connectivity index (χ2v) is 14.6. The lowest BCUT2D eigenvalue weighted by atomic mass is 9.79. The molecule has 0 aromatic heterocycles. The van der Waals surface area contributed by atoms with Crippen molar-refractivity contribution in [3.8, 4) is 0 Å². The van der Waals surface area contributed by atoms with Crippen molar-refractivity contribution in [2.75, 3.05) is 17.2 Å². The van der Waals surface area contributed by atoms with Crippen LogP contribution in [0, 0.1) is 0 Å². The van der Waals surface area contributed by atoms with E-state index in [0.29, 0.717) is 18.1 Å². The molecule has 0 amide bonds. The Morgan fingerprint density at radius 3 is 2.07 bits per heavy atom. The number of benzene rings is 4. The Labute approximate surface area is 279 Å². The Bertz CT molecular complexity index is 1920. The highest BCUT2D eigenvalue weighted by atomic mass is 32.2. The zero-order valence-electron chi connectivity index (χ0n) is 28.2. The lowest BCUT2D eigenvalue weighted by Gasteiger charge is -2.30. The number of rotatable bonds is 10. The van der Waals surface area contributed by atoms with Gasteiger partial charge < -0.3 is 4.90 Å². The quantitative estimate of drug-likeness (QED) is 0.0622. The molecule has 4 aromatic carbocycles. The SMILES string of the molecule is CC(C)N1\C(=C/C=C/C=C/C=C/C2=[N+](CCCC[SH+]O)c3ccc4ccccc4c3C2(C)C)C(C)(C)c2c1ccc1ccccc21. The van der Waals surface area contributed by atoms with Gasteiger partial charge in [0.1, 0.15) is 24.3 Å². The first kappa shape index (κ1) is 32.1. The molecule has 4 heteroatoms. The third kappa shape index (κ3) is 5.67. The molecule has 0 aliphatic carbocycles. The lowest BCUT2D eigenvalue weighted by Crippen LogP contribution is -2.31. The maximum absolute atomic E-state index is 9.30. The Hall–Kier alpha value is -3.86. The van der Waals surface area contributed by atoms with Gasteiger partial charge in [0.05, 0.1) is 5.41 Å². The lowest BCUT2D eigenvalue weighted by molar-refractivity contribution is -0.438. The van der Waals surface area contributed by atoms with E-state index in [1.807, 2.05) is 0 Å². The molecule has 2 heterocycles. The summed E-state index contributed by atoms with van der Waals surface area (Å²) in [4.78, 5) is 2.50. The van der Waals surface area contributed by atoms with Gasteiger partial charge in [0, 0.05) is 53.4 Å². The number of hydrogen-bond acceptors (Lipinski definition) is 2. The highest BCUT2D eigenvalue weighted by Gasteiger charge is 2.45. The molecule has 3 nitrogen and oxygen atoms in total. The van der Waals surface area contributed by atoms with E-state index in [4.69, 9.17) is 0 Å². The van der Waals surface area contributed by atoms with Gasteiger partial charge in [0.15, 0.2) is 5.71 Å². The summed E-state index contributed by atoms with van der Waals surface area (Å²) in [5, 5.41) is 5.26. The Kier molecular flexibility index (Phi) is 9.14. The third-order valence-corrected chi connectivity index (χ3v) is 10.3. The molecule has 6 rings (SSSR count). The van der Waals surface area contributed by atoms with Crippen molar-refractivity contribution in [1.82, 2.24) is 0 Å². The number of nitrogens with zero attached hydrogens (tertiary/aromatic N) is 2. The van der Waals surface area contributed by atoms with E-state index in [2.05, 4.69) is 166 Å². The molecule has 1 N–H and O–H groups in total. The molecule has 0 saturated heterocycles. The summed E-state index contributed by atoms with van der Waals surface area (Å²) in [6, 6.07) is 27.0. The second-order valence-electron chi connectivity index (χ2n) is 13.9. The summed E-state index contributed by atoms with van der Waals surface area (Å²) in [5.74, 6) is 0.826. The molecule has 0 spiro atoms. The van der Waals surface area contributed by atoms with E-state index in [0.717, 1.165) is 25.1 Å². The minimum Gasteiger partial charge on any atom is -0.341 e. The molecule has 0 radical (unpaired) electrons. The highest BCUT2D eigenvalue weighted by molar-refractivity contribution is 7.72. The first-order chi connectivity index (χ1) is 22.2. The van der Waals surface area contributed by atoms with E-state index in [1.165, 1.54) is 55.5 Å². The van der Waals surface area contributed by atoms with Gasteiger partial charge in [-0.1, -0.05) is 98.8 Å². The molecule has 0 fully saturated rings. The Balaban J connectivity index is 1.26. The average Bonchev–Trinajstić information content (AvgIpc) is 3.41. The van der Waals surface area contributed by atoms with Gasteiger partial charge in [-0.05, 0) is 73.0 Å². The van der Waals surface area contributed by atoms with Crippen molar-refractivity contribution in [2.45, 2.75) is 71.3 Å². The maximum Gasteiger partial charge on any atom is 0.210 e. The zero-order chi connectivity index (χ0) is 32.5. The van der Waals surface area contributed by atoms with Crippen molar-refractivity contribution in [3.63, 3.8) is 0 Å². The van der Waals surface area contributed by atoms with Gasteiger partial charge in [0.2, 0.25) is 5.69 Å². The maximum atomic E-state index is 9.30. The number of thiol groups is 1. The second kappa shape index (κ2) is 13.1. The molecular weight excluding hydrogens is 581 g/mol. The fourth-order valence-electron chi connectivity index (χ4n) is 7.74. The molecule has 0 saturated carbocycles. The van der Waals surface area contributed by atoms with Gasteiger partial charge in [-0.15, -0.1) is 0 Å². The van der Waals surface area contributed by atoms with Crippen LogP contribution in [-0.2, 0) is 22.9 Å². The van der Waals surface area contributed by atoms with E-state index in [9.17, 15) is 4.55 Å². The van der Waals surface area contributed by atoms with Gasteiger partial charge in [-0.3, -0.25) is 0 Å². The summed E-state index contributed by atoms with van der Waals surface area (Å²) >= 11 is 0.486. The third-order valence-electron chi connectivity index (χ3n) is 9.80. The van der Waals surface area contributed by atoms with E-state index >= 15 is 0 Å². The number of fused-ring (bicyclic) bond motifs is 6. The zero-order valence-corrected chi connectivity index (χ0v) is 29.1. The minimum atomic E-state index is -0.121. The molecule has 0 atom stereocenters. The Morgan fingerprint density at radius 1 is 0.739 bits per heavy atom. The van der Waals surface area contributed by atoms with Crippen LogP contribution in [0.4, 0.5) is 11.4 Å². The molecule has 236 valence electrons. The number of allylic oxidation sites excluding steroid dienone is 8.